The number of carbonyl (C=O) groups excluding carboxylic acids is 7. The summed E-state index contributed by atoms with van der Waals surface area (Å²) >= 11 is 0. The van der Waals surface area contributed by atoms with Crippen LogP contribution in [0.5, 0.6) is 0 Å². The average molecular weight is 934 g/mol. The van der Waals surface area contributed by atoms with Gasteiger partial charge in [0.1, 0.15) is 12.1 Å². The monoisotopic (exact) mass is 933 g/mol. The lowest BCUT2D eigenvalue weighted by molar-refractivity contribution is -0.126. The molecule has 0 radical (unpaired) electrons. The molecule has 0 spiro atoms. The summed E-state index contributed by atoms with van der Waals surface area (Å²) in [4.78, 5) is 102. The molecule has 4 aromatic rings. The molecule has 3 atom stereocenters. The molecule has 0 bridgehead atoms. The van der Waals surface area contributed by atoms with Crippen LogP contribution in [0.2, 0.25) is 0 Å². The van der Waals surface area contributed by atoms with Crippen LogP contribution >= 0.6 is 0 Å². The lowest BCUT2D eigenvalue weighted by atomic mass is 9.85. The first-order valence-electron chi connectivity index (χ1n) is 23.5. The minimum absolute atomic E-state index is 0.0444. The van der Waals surface area contributed by atoms with E-state index >= 15 is 0 Å². The first-order valence-corrected chi connectivity index (χ1v) is 23.5. The maximum atomic E-state index is 12.8. The molecule has 3 aromatic carbocycles. The summed E-state index contributed by atoms with van der Waals surface area (Å²) in [5, 5.41) is 6.88. The molecule has 13 nitrogen and oxygen atoms in total. The predicted octanol–water partition coefficient (Wildman–Crippen LogP) is 8.89. The van der Waals surface area contributed by atoms with Gasteiger partial charge < -0.3 is 15.2 Å². The van der Waals surface area contributed by atoms with Gasteiger partial charge in [0.05, 0.1) is 28.3 Å². The summed E-state index contributed by atoms with van der Waals surface area (Å²) in [6.45, 7) is 30.1. The fraction of sp³-hybridized carbons (Fsp3) is 0.393. The quantitative estimate of drug-likeness (QED) is 0.152. The number of nitrogens with one attached hydrogen (secondary N) is 2. The summed E-state index contributed by atoms with van der Waals surface area (Å²) in [5.41, 5.74) is 6.65. The zero-order chi connectivity index (χ0) is 50.7. The first-order chi connectivity index (χ1) is 32.2. The van der Waals surface area contributed by atoms with Gasteiger partial charge in [0.15, 0.2) is 5.78 Å². The Morgan fingerprint density at radius 1 is 0.493 bits per heavy atom. The number of nitrogens with zero attached hydrogens (tertiary/aromatic N) is 3. The molecule has 1 aliphatic carbocycles. The Hall–Kier alpha value is -7.02. The number of rotatable bonds is 3. The maximum Gasteiger partial charge on any atom is 0.262 e. The number of piperidine rings is 2. The maximum absolute atomic E-state index is 12.8. The van der Waals surface area contributed by atoms with Crippen molar-refractivity contribution in [2.45, 2.75) is 142 Å². The molecule has 4 aliphatic heterocycles. The van der Waals surface area contributed by atoms with Gasteiger partial charge >= 0.3 is 0 Å². The Bertz CT molecular complexity index is 2840. The Kier molecular flexibility index (Phi) is 13.4. The fourth-order valence-electron chi connectivity index (χ4n) is 9.26. The van der Waals surface area contributed by atoms with Crippen molar-refractivity contribution < 1.29 is 33.6 Å². The normalized spacial score (nSPS) is 20.8. The highest BCUT2D eigenvalue weighted by molar-refractivity contribution is 6.24. The van der Waals surface area contributed by atoms with Crippen LogP contribution < -0.4 is 16.2 Å². The Labute approximate surface area is 403 Å². The van der Waals surface area contributed by atoms with Gasteiger partial charge in [0.2, 0.25) is 11.8 Å². The summed E-state index contributed by atoms with van der Waals surface area (Å²) in [7, 11) is 0. The highest BCUT2D eigenvalue weighted by Crippen LogP contribution is 2.35. The van der Waals surface area contributed by atoms with Crippen LogP contribution in [0.3, 0.4) is 0 Å². The smallest absolute Gasteiger partial charge is 0.262 e. The topological polar surface area (TPSA) is 172 Å². The number of fused-ring (bicyclic) bond motifs is 3. The predicted molar refractivity (Wildman–Crippen MR) is 266 cm³/mol. The molecule has 1 aromatic heterocycles. The van der Waals surface area contributed by atoms with Gasteiger partial charge in [-0.3, -0.25) is 48.2 Å². The molecule has 3 fully saturated rings. The van der Waals surface area contributed by atoms with Crippen LogP contribution in [0, 0.1) is 0 Å². The number of aromatic nitrogens is 1. The molecule has 13 heteroatoms. The zero-order valence-corrected chi connectivity index (χ0v) is 41.3. The number of benzene rings is 3. The van der Waals surface area contributed by atoms with E-state index in [1.807, 2.05) is 71.9 Å². The van der Waals surface area contributed by atoms with Crippen molar-refractivity contribution in [3.8, 4) is 0 Å². The second-order valence-corrected chi connectivity index (χ2v) is 21.8. The highest BCUT2D eigenvalue weighted by atomic mass is 16.2. The Morgan fingerprint density at radius 3 is 1.32 bits per heavy atom. The summed E-state index contributed by atoms with van der Waals surface area (Å²) in [6.07, 6.45) is 5.61. The molecule has 2 saturated heterocycles. The summed E-state index contributed by atoms with van der Waals surface area (Å²) in [5.74, 6) is -2.14. The molecule has 2 N–H and O–H groups in total. The van der Waals surface area contributed by atoms with Gasteiger partial charge in [-0.1, -0.05) is 112 Å². The van der Waals surface area contributed by atoms with Crippen LogP contribution in [0.15, 0.2) is 108 Å². The largest absolute Gasteiger partial charge is 0.329 e. The highest BCUT2D eigenvalue weighted by Gasteiger charge is 2.46. The second-order valence-electron chi connectivity index (χ2n) is 21.8. The molecule has 9 rings (SSSR count). The van der Waals surface area contributed by atoms with E-state index in [2.05, 4.69) is 57.2 Å². The Balaban J connectivity index is 0.000000153. The van der Waals surface area contributed by atoms with Crippen LogP contribution in [0.4, 0.5) is 0 Å². The van der Waals surface area contributed by atoms with Crippen molar-refractivity contribution in [2.75, 3.05) is 0 Å². The van der Waals surface area contributed by atoms with E-state index in [4.69, 9.17) is 0 Å². The van der Waals surface area contributed by atoms with Crippen LogP contribution in [-0.2, 0) is 30.6 Å². The molecule has 69 heavy (non-hydrogen) atoms. The second kappa shape index (κ2) is 18.5. The van der Waals surface area contributed by atoms with Crippen LogP contribution in [-0.4, -0.2) is 67.7 Å². The molecule has 1 saturated carbocycles. The number of ketones is 1. The van der Waals surface area contributed by atoms with Crippen molar-refractivity contribution in [3.63, 3.8) is 0 Å². The lowest BCUT2D eigenvalue weighted by Gasteiger charge is -2.29. The van der Waals surface area contributed by atoms with Crippen molar-refractivity contribution >= 4 is 52.0 Å². The lowest BCUT2D eigenvalue weighted by Crippen LogP contribution is -2.51. The Morgan fingerprint density at radius 2 is 0.899 bits per heavy atom. The molecule has 360 valence electrons. The van der Waals surface area contributed by atoms with E-state index in [-0.39, 0.29) is 57.3 Å². The van der Waals surface area contributed by atoms with E-state index < -0.39 is 23.9 Å². The first kappa shape index (κ1) is 49.9. The number of amides is 6. The number of imide groups is 2. The molecule has 5 aliphatic rings. The van der Waals surface area contributed by atoms with Gasteiger partial charge in [-0.2, -0.15) is 0 Å². The van der Waals surface area contributed by atoms with Gasteiger partial charge in [0.25, 0.3) is 29.2 Å². The van der Waals surface area contributed by atoms with Gasteiger partial charge in [0, 0.05) is 29.4 Å². The minimum Gasteiger partial charge on any atom is -0.329 e. The van der Waals surface area contributed by atoms with Gasteiger partial charge in [-0.15, -0.1) is 0 Å². The third-order valence-electron chi connectivity index (χ3n) is 13.5. The number of hydrogen-bond donors (Lipinski definition) is 2. The van der Waals surface area contributed by atoms with Crippen molar-refractivity contribution in [2.24, 2.45) is 0 Å². The summed E-state index contributed by atoms with van der Waals surface area (Å²) < 4.78 is 1.61. The molecular formula is C56H63N5O8. The van der Waals surface area contributed by atoms with Crippen molar-refractivity contribution in [1.82, 2.24) is 25.0 Å². The van der Waals surface area contributed by atoms with Crippen molar-refractivity contribution in [1.29, 1.82) is 0 Å². The van der Waals surface area contributed by atoms with Gasteiger partial charge in [-0.25, -0.2) is 0 Å². The van der Waals surface area contributed by atoms with Crippen LogP contribution in [0.1, 0.15) is 171 Å². The van der Waals surface area contributed by atoms with Crippen LogP contribution in [0.25, 0.3) is 10.8 Å². The number of allylic oxidation sites excluding steroid dienone is 3. The minimum atomic E-state index is -0.758. The molecule has 5 heterocycles. The van der Waals surface area contributed by atoms with Crippen molar-refractivity contribution in [3.05, 3.63) is 153 Å². The van der Waals surface area contributed by atoms with Gasteiger partial charge in [-0.05, 0) is 113 Å². The third kappa shape index (κ3) is 9.95. The van der Waals surface area contributed by atoms with E-state index in [1.54, 1.807) is 35.0 Å². The SMILES string of the molecule is C=C1CCC(N2C(=O)c3ccc(C(C)(C)C)cc3C2=O)C(=O)N1.C=C1CCC(N2C(=O)c3ccc(C(C)(C)C)cc3C2=O)C(=O)N1.C=C1CCC(n2ccc3cc(C(C)(C)C)ccc3c2=O)C(=O)C1. The molecule has 3 unspecified atom stereocenters. The summed E-state index contributed by atoms with van der Waals surface area (Å²) in [6, 6.07) is 16.7. The molecular weight excluding hydrogens is 871 g/mol. The molecule has 6 amide bonds. The number of pyridine rings is 1. The number of hydrogen-bond acceptors (Lipinski definition) is 8. The van der Waals surface area contributed by atoms with E-state index in [9.17, 15) is 38.4 Å². The fourth-order valence-corrected chi connectivity index (χ4v) is 9.26. The number of carbonyl (C=O) groups is 7. The third-order valence-corrected chi connectivity index (χ3v) is 13.5. The van der Waals surface area contributed by atoms with E-state index in [0.717, 1.165) is 38.3 Å². The van der Waals surface area contributed by atoms with E-state index in [1.165, 1.54) is 5.56 Å². The number of Topliss-reactive ketones (excluding diaryl/α,β-unsaturated/α-hetero) is 1. The standard InChI is InChI=1S/C20H23NO2.2C18H20N2O3/c1-13-5-8-17(18(22)11-13)21-10-9-14-12-15(20(2,3)4)6-7-16(14)19(21)23;2*1-10-5-8-14(15(21)19-10)20-16(22)12-7-6-11(18(2,3)4)9-13(12)17(20)23/h6-7,9-10,12,17H,1,5,8,11H2,2-4H3;2*6-7,9,14H,1,5,8H2,2-4H3,(H,19,21). The van der Waals surface area contributed by atoms with E-state index in [0.29, 0.717) is 77.6 Å². The zero-order valence-electron chi connectivity index (χ0n) is 41.3. The average Bonchev–Trinajstić information content (AvgIpc) is 3.66.